The van der Waals surface area contributed by atoms with Gasteiger partial charge in [0.15, 0.2) is 5.17 Å². The number of piperidine rings is 1. The number of amidine groups is 1. The van der Waals surface area contributed by atoms with Crippen molar-refractivity contribution in [1.29, 1.82) is 0 Å². The van der Waals surface area contributed by atoms with E-state index in [0.29, 0.717) is 5.54 Å². The van der Waals surface area contributed by atoms with E-state index in [1.54, 1.807) is 0 Å². The number of thioether (sulfide) groups is 1. The number of rotatable bonds is 3. The second-order valence-corrected chi connectivity index (χ2v) is 8.58. The lowest BCUT2D eigenvalue weighted by Gasteiger charge is -2.36. The number of likely N-dealkylation sites (tertiary alicyclic amines) is 1. The van der Waals surface area contributed by atoms with Gasteiger partial charge in [0, 0.05) is 17.8 Å². The summed E-state index contributed by atoms with van der Waals surface area (Å²) in [7, 11) is 2.24. The smallest absolute Gasteiger partial charge is 0.157 e. The van der Waals surface area contributed by atoms with Crippen LogP contribution in [0.15, 0.2) is 4.99 Å². The fourth-order valence-electron chi connectivity index (χ4n) is 4.19. The Morgan fingerprint density at radius 3 is 2.90 bits per heavy atom. The molecule has 3 aliphatic rings. The lowest BCUT2D eigenvalue weighted by molar-refractivity contribution is 0.214. The van der Waals surface area contributed by atoms with Gasteiger partial charge in [-0.3, -0.25) is 4.99 Å². The second kappa shape index (κ2) is 6.91. The first-order valence-electron chi connectivity index (χ1n) is 8.79. The lowest BCUT2D eigenvalue weighted by Crippen LogP contribution is -2.47. The third kappa shape index (κ3) is 4.16. The van der Waals surface area contributed by atoms with Crippen molar-refractivity contribution in [2.75, 3.05) is 32.4 Å². The number of aliphatic imine (C=N–C) groups is 1. The van der Waals surface area contributed by atoms with Gasteiger partial charge in [0.1, 0.15) is 0 Å². The van der Waals surface area contributed by atoms with Gasteiger partial charge in [0.05, 0.1) is 0 Å². The molecule has 4 heteroatoms. The van der Waals surface area contributed by atoms with Gasteiger partial charge < -0.3 is 10.2 Å². The molecule has 0 aromatic rings. The Morgan fingerprint density at radius 1 is 1.33 bits per heavy atom. The molecule has 1 aliphatic carbocycles. The molecule has 0 bridgehead atoms. The SMILES string of the molecule is CC1CCCC2(CSC(=NCCC3CCN(C)CC3)N2)C1. The molecule has 2 unspecified atom stereocenters. The summed E-state index contributed by atoms with van der Waals surface area (Å²) in [4.78, 5) is 7.32. The Balaban J connectivity index is 1.43. The molecule has 2 atom stereocenters. The average molecular weight is 310 g/mol. The third-order valence-electron chi connectivity index (χ3n) is 5.58. The summed E-state index contributed by atoms with van der Waals surface area (Å²) < 4.78 is 0. The first-order chi connectivity index (χ1) is 10.2. The van der Waals surface area contributed by atoms with Gasteiger partial charge in [-0.25, -0.2) is 0 Å². The Morgan fingerprint density at radius 2 is 2.14 bits per heavy atom. The molecule has 1 saturated carbocycles. The zero-order valence-corrected chi connectivity index (χ0v) is 14.6. The molecule has 2 aliphatic heterocycles. The summed E-state index contributed by atoms with van der Waals surface area (Å²) in [5.74, 6) is 3.02. The number of nitrogens with zero attached hydrogens (tertiary/aromatic N) is 2. The van der Waals surface area contributed by atoms with Gasteiger partial charge in [0.2, 0.25) is 0 Å². The van der Waals surface area contributed by atoms with Crippen LogP contribution >= 0.6 is 11.8 Å². The highest BCUT2D eigenvalue weighted by molar-refractivity contribution is 8.14. The molecule has 2 heterocycles. The molecular formula is C17H31N3S. The van der Waals surface area contributed by atoms with E-state index in [9.17, 15) is 0 Å². The lowest BCUT2D eigenvalue weighted by atomic mass is 9.78. The number of hydrogen-bond donors (Lipinski definition) is 1. The standard InChI is InChI=1S/C17H31N3S/c1-14-4-3-8-17(12-14)13-21-16(19-17)18-9-5-15-6-10-20(2)11-7-15/h14-15H,3-13H2,1-2H3,(H,18,19). The van der Waals surface area contributed by atoms with Crippen molar-refractivity contribution in [2.24, 2.45) is 16.8 Å². The summed E-state index contributed by atoms with van der Waals surface area (Å²) in [6, 6.07) is 0. The van der Waals surface area contributed by atoms with Crippen LogP contribution in [0.4, 0.5) is 0 Å². The topological polar surface area (TPSA) is 27.6 Å². The zero-order valence-electron chi connectivity index (χ0n) is 13.7. The van der Waals surface area contributed by atoms with E-state index in [1.165, 1.54) is 69.0 Å². The van der Waals surface area contributed by atoms with Crippen LogP contribution in [0.2, 0.25) is 0 Å². The van der Waals surface area contributed by atoms with Gasteiger partial charge >= 0.3 is 0 Å². The predicted octanol–water partition coefficient (Wildman–Crippen LogP) is 3.36. The summed E-state index contributed by atoms with van der Waals surface area (Å²) in [6.45, 7) is 5.97. The van der Waals surface area contributed by atoms with E-state index < -0.39 is 0 Å². The van der Waals surface area contributed by atoms with Crippen LogP contribution < -0.4 is 5.32 Å². The highest BCUT2D eigenvalue weighted by Crippen LogP contribution is 2.38. The highest BCUT2D eigenvalue weighted by atomic mass is 32.2. The Hall–Kier alpha value is -0.220. The molecule has 3 rings (SSSR count). The first-order valence-corrected chi connectivity index (χ1v) is 9.78. The maximum atomic E-state index is 4.87. The minimum atomic E-state index is 0.384. The van der Waals surface area contributed by atoms with Crippen LogP contribution in [0.25, 0.3) is 0 Å². The van der Waals surface area contributed by atoms with Gasteiger partial charge in [-0.2, -0.15) is 0 Å². The van der Waals surface area contributed by atoms with Crippen LogP contribution in [0, 0.1) is 11.8 Å². The maximum absolute atomic E-state index is 4.87. The molecule has 1 spiro atoms. The first kappa shape index (κ1) is 15.7. The maximum Gasteiger partial charge on any atom is 0.157 e. The van der Waals surface area contributed by atoms with E-state index in [4.69, 9.17) is 4.99 Å². The van der Waals surface area contributed by atoms with Crippen molar-refractivity contribution in [3.8, 4) is 0 Å². The summed E-state index contributed by atoms with van der Waals surface area (Å²) >= 11 is 1.97. The molecule has 0 aromatic heterocycles. The molecule has 2 saturated heterocycles. The minimum Gasteiger partial charge on any atom is -0.359 e. The van der Waals surface area contributed by atoms with Gasteiger partial charge in [0.25, 0.3) is 0 Å². The fourth-order valence-corrected chi connectivity index (χ4v) is 5.41. The molecule has 21 heavy (non-hydrogen) atoms. The van der Waals surface area contributed by atoms with E-state index in [0.717, 1.165) is 18.4 Å². The Labute approximate surface area is 134 Å². The molecule has 3 nitrogen and oxygen atoms in total. The largest absolute Gasteiger partial charge is 0.359 e. The molecule has 1 N–H and O–H groups in total. The van der Waals surface area contributed by atoms with Crippen molar-refractivity contribution in [1.82, 2.24) is 10.2 Å². The van der Waals surface area contributed by atoms with E-state index in [2.05, 4.69) is 24.2 Å². The Kier molecular flexibility index (Phi) is 5.15. The van der Waals surface area contributed by atoms with Crippen LogP contribution in [0.1, 0.15) is 51.9 Å². The Bertz CT molecular complexity index is 376. The molecular weight excluding hydrogens is 278 g/mol. The van der Waals surface area contributed by atoms with Crippen LogP contribution in [-0.2, 0) is 0 Å². The normalized spacial score (nSPS) is 37.2. The summed E-state index contributed by atoms with van der Waals surface area (Å²) in [6.07, 6.45) is 9.50. The number of hydrogen-bond acceptors (Lipinski definition) is 3. The van der Waals surface area contributed by atoms with Crippen LogP contribution in [0.5, 0.6) is 0 Å². The summed E-state index contributed by atoms with van der Waals surface area (Å²) in [5, 5.41) is 5.02. The molecule has 3 fully saturated rings. The van der Waals surface area contributed by atoms with E-state index in [1.807, 2.05) is 11.8 Å². The molecule has 0 aromatic carbocycles. The third-order valence-corrected chi connectivity index (χ3v) is 6.78. The van der Waals surface area contributed by atoms with Crippen LogP contribution in [0.3, 0.4) is 0 Å². The van der Waals surface area contributed by atoms with Gasteiger partial charge in [-0.15, -0.1) is 0 Å². The molecule has 0 radical (unpaired) electrons. The molecule has 120 valence electrons. The van der Waals surface area contributed by atoms with Crippen LogP contribution in [-0.4, -0.2) is 48.0 Å². The van der Waals surface area contributed by atoms with Crippen molar-refractivity contribution >= 4 is 16.9 Å². The predicted molar refractivity (Wildman–Crippen MR) is 93.1 cm³/mol. The van der Waals surface area contributed by atoms with Gasteiger partial charge in [-0.05, 0) is 64.1 Å². The average Bonchev–Trinajstić information content (AvgIpc) is 2.83. The molecule has 0 amide bonds. The van der Waals surface area contributed by atoms with Crippen molar-refractivity contribution in [3.63, 3.8) is 0 Å². The van der Waals surface area contributed by atoms with Crippen molar-refractivity contribution < 1.29 is 0 Å². The summed E-state index contributed by atoms with van der Waals surface area (Å²) in [5.41, 5.74) is 0.384. The quantitative estimate of drug-likeness (QED) is 0.866. The monoisotopic (exact) mass is 309 g/mol. The van der Waals surface area contributed by atoms with E-state index >= 15 is 0 Å². The zero-order chi connectivity index (χ0) is 14.7. The van der Waals surface area contributed by atoms with Crippen molar-refractivity contribution in [3.05, 3.63) is 0 Å². The number of nitrogens with one attached hydrogen (secondary N) is 1. The van der Waals surface area contributed by atoms with Crippen molar-refractivity contribution in [2.45, 2.75) is 57.4 Å². The van der Waals surface area contributed by atoms with E-state index in [-0.39, 0.29) is 0 Å². The van der Waals surface area contributed by atoms with Gasteiger partial charge in [-0.1, -0.05) is 31.5 Å². The highest BCUT2D eigenvalue weighted by Gasteiger charge is 2.40. The second-order valence-electron chi connectivity index (χ2n) is 7.62. The minimum absolute atomic E-state index is 0.384. The fraction of sp³-hybridized carbons (Fsp3) is 0.941.